The number of carbonyl (C=O) groups is 2. The molecule has 1 aliphatic rings. The first-order valence-corrected chi connectivity index (χ1v) is 8.97. The first kappa shape index (κ1) is 17.8. The van der Waals surface area contributed by atoms with Crippen molar-refractivity contribution in [3.8, 4) is 0 Å². The molecule has 1 N–H and O–H groups in total. The number of rotatable bonds is 3. The number of hydrogen-bond acceptors (Lipinski definition) is 3. The van der Waals surface area contributed by atoms with E-state index in [1.807, 2.05) is 30.9 Å². The zero-order valence-electron chi connectivity index (χ0n) is 14.8. The summed E-state index contributed by atoms with van der Waals surface area (Å²) >= 11 is 6.27. The predicted molar refractivity (Wildman–Crippen MR) is 98.0 cm³/mol. The van der Waals surface area contributed by atoms with Gasteiger partial charge in [-0.3, -0.25) is 9.59 Å². The van der Waals surface area contributed by atoms with Crippen LogP contribution in [0.25, 0.3) is 11.0 Å². The van der Waals surface area contributed by atoms with Gasteiger partial charge in [0.2, 0.25) is 5.91 Å². The van der Waals surface area contributed by atoms with Crippen molar-refractivity contribution >= 4 is 34.4 Å². The molecule has 0 aliphatic carbocycles. The lowest BCUT2D eigenvalue weighted by Gasteiger charge is -2.32. The molecule has 0 unspecified atom stereocenters. The van der Waals surface area contributed by atoms with Gasteiger partial charge in [0.15, 0.2) is 11.3 Å². The number of piperidine rings is 1. The SMILES string of the molecule is CC(=O)NC[C@H]1CCCN(C(=O)c2oc3c(Cl)cc(C)cc3c2C)C1. The number of amides is 2. The number of nitrogens with one attached hydrogen (secondary N) is 1. The van der Waals surface area contributed by atoms with Crippen molar-refractivity contribution in [2.24, 2.45) is 5.92 Å². The highest BCUT2D eigenvalue weighted by Gasteiger charge is 2.28. The van der Waals surface area contributed by atoms with Gasteiger partial charge in [-0.25, -0.2) is 0 Å². The third kappa shape index (κ3) is 3.66. The van der Waals surface area contributed by atoms with Gasteiger partial charge in [0.1, 0.15) is 0 Å². The van der Waals surface area contributed by atoms with Crippen molar-refractivity contribution in [3.63, 3.8) is 0 Å². The molecule has 1 saturated heterocycles. The van der Waals surface area contributed by atoms with E-state index < -0.39 is 0 Å². The third-order valence-corrected chi connectivity index (χ3v) is 5.06. The van der Waals surface area contributed by atoms with Gasteiger partial charge in [0, 0.05) is 37.5 Å². The minimum absolute atomic E-state index is 0.0402. The zero-order chi connectivity index (χ0) is 18.1. The van der Waals surface area contributed by atoms with E-state index in [4.69, 9.17) is 16.0 Å². The number of carbonyl (C=O) groups excluding carboxylic acids is 2. The lowest BCUT2D eigenvalue weighted by atomic mass is 9.97. The highest BCUT2D eigenvalue weighted by atomic mass is 35.5. The van der Waals surface area contributed by atoms with Gasteiger partial charge < -0.3 is 14.6 Å². The first-order chi connectivity index (χ1) is 11.9. The van der Waals surface area contributed by atoms with Crippen LogP contribution >= 0.6 is 11.6 Å². The van der Waals surface area contributed by atoms with E-state index in [9.17, 15) is 9.59 Å². The number of hydrogen-bond donors (Lipinski definition) is 1. The monoisotopic (exact) mass is 362 g/mol. The summed E-state index contributed by atoms with van der Waals surface area (Å²) in [6, 6.07) is 3.83. The summed E-state index contributed by atoms with van der Waals surface area (Å²) in [6.45, 7) is 7.31. The summed E-state index contributed by atoms with van der Waals surface area (Å²) < 4.78 is 5.84. The Bertz CT molecular complexity index is 828. The Morgan fingerprint density at radius 3 is 2.84 bits per heavy atom. The van der Waals surface area contributed by atoms with Gasteiger partial charge >= 0.3 is 0 Å². The topological polar surface area (TPSA) is 62.6 Å². The fourth-order valence-corrected chi connectivity index (χ4v) is 3.78. The quantitative estimate of drug-likeness (QED) is 0.905. The van der Waals surface area contributed by atoms with E-state index in [0.29, 0.717) is 36.0 Å². The smallest absolute Gasteiger partial charge is 0.289 e. The van der Waals surface area contributed by atoms with Crippen molar-refractivity contribution in [1.82, 2.24) is 10.2 Å². The molecule has 1 fully saturated rings. The van der Waals surface area contributed by atoms with Gasteiger partial charge in [-0.2, -0.15) is 0 Å². The second kappa shape index (κ2) is 7.08. The molecule has 0 spiro atoms. The van der Waals surface area contributed by atoms with Crippen LogP contribution in [0, 0.1) is 19.8 Å². The largest absolute Gasteiger partial charge is 0.449 e. The predicted octanol–water partition coefficient (Wildman–Crippen LogP) is 3.69. The summed E-state index contributed by atoms with van der Waals surface area (Å²) in [5.41, 5.74) is 2.43. The van der Waals surface area contributed by atoms with Crippen LogP contribution in [0.5, 0.6) is 0 Å². The minimum atomic E-state index is -0.102. The molecule has 0 bridgehead atoms. The second-order valence-corrected chi connectivity index (χ2v) is 7.28. The maximum absolute atomic E-state index is 13.0. The van der Waals surface area contributed by atoms with Crippen molar-refractivity contribution in [2.75, 3.05) is 19.6 Å². The van der Waals surface area contributed by atoms with Gasteiger partial charge in [0.25, 0.3) is 5.91 Å². The normalized spacial score (nSPS) is 17.8. The van der Waals surface area contributed by atoms with Crippen LogP contribution in [-0.4, -0.2) is 36.3 Å². The molecule has 2 aromatic rings. The van der Waals surface area contributed by atoms with Crippen LogP contribution in [0.4, 0.5) is 0 Å². The van der Waals surface area contributed by atoms with Crippen LogP contribution in [0.3, 0.4) is 0 Å². The fraction of sp³-hybridized carbons (Fsp3) is 0.474. The molecule has 25 heavy (non-hydrogen) atoms. The lowest BCUT2D eigenvalue weighted by Crippen LogP contribution is -2.43. The molecule has 2 amide bonds. The van der Waals surface area contributed by atoms with Crippen LogP contribution in [-0.2, 0) is 4.79 Å². The average Bonchev–Trinajstić information content (AvgIpc) is 2.90. The van der Waals surface area contributed by atoms with Crippen molar-refractivity contribution < 1.29 is 14.0 Å². The molecule has 6 heteroatoms. The summed E-state index contributed by atoms with van der Waals surface area (Å²) in [4.78, 5) is 25.9. The van der Waals surface area contributed by atoms with E-state index in [-0.39, 0.29) is 17.7 Å². The number of furan rings is 1. The van der Waals surface area contributed by atoms with E-state index in [1.54, 1.807) is 0 Å². The molecule has 1 aromatic heterocycles. The summed E-state index contributed by atoms with van der Waals surface area (Å²) in [5, 5.41) is 4.26. The Kier molecular flexibility index (Phi) is 5.04. The van der Waals surface area contributed by atoms with Crippen molar-refractivity contribution in [1.29, 1.82) is 0 Å². The summed E-state index contributed by atoms with van der Waals surface area (Å²) in [5.74, 6) is 0.497. The number of aryl methyl sites for hydroxylation is 2. The van der Waals surface area contributed by atoms with Gasteiger partial charge in [-0.1, -0.05) is 11.6 Å². The molecule has 0 saturated carbocycles. The summed E-state index contributed by atoms with van der Waals surface area (Å²) in [6.07, 6.45) is 1.93. The van der Waals surface area contributed by atoms with E-state index in [0.717, 1.165) is 29.4 Å². The Morgan fingerprint density at radius 2 is 2.12 bits per heavy atom. The molecule has 0 radical (unpaired) electrons. The van der Waals surface area contributed by atoms with E-state index in [2.05, 4.69) is 5.32 Å². The Labute approximate surface area is 152 Å². The second-order valence-electron chi connectivity index (χ2n) is 6.88. The summed E-state index contributed by atoms with van der Waals surface area (Å²) in [7, 11) is 0. The van der Waals surface area contributed by atoms with Crippen molar-refractivity contribution in [3.05, 3.63) is 34.0 Å². The highest BCUT2D eigenvalue weighted by molar-refractivity contribution is 6.35. The molecular weight excluding hydrogens is 340 g/mol. The first-order valence-electron chi connectivity index (χ1n) is 8.59. The number of benzene rings is 1. The molecule has 5 nitrogen and oxygen atoms in total. The number of likely N-dealkylation sites (tertiary alicyclic amines) is 1. The minimum Gasteiger partial charge on any atom is -0.449 e. The number of nitrogens with zero attached hydrogens (tertiary/aromatic N) is 1. The van der Waals surface area contributed by atoms with Crippen LogP contribution in [0.15, 0.2) is 16.5 Å². The van der Waals surface area contributed by atoms with E-state index in [1.165, 1.54) is 6.92 Å². The number of fused-ring (bicyclic) bond motifs is 1. The van der Waals surface area contributed by atoms with Crippen LogP contribution in [0.1, 0.15) is 41.4 Å². The molecule has 134 valence electrons. The van der Waals surface area contributed by atoms with Crippen LogP contribution in [0.2, 0.25) is 5.02 Å². The fourth-order valence-electron chi connectivity index (χ4n) is 3.46. The third-order valence-electron chi connectivity index (χ3n) is 4.78. The lowest BCUT2D eigenvalue weighted by molar-refractivity contribution is -0.119. The maximum atomic E-state index is 13.0. The highest BCUT2D eigenvalue weighted by Crippen LogP contribution is 2.33. The maximum Gasteiger partial charge on any atom is 0.289 e. The molecule has 2 heterocycles. The van der Waals surface area contributed by atoms with Gasteiger partial charge in [0.05, 0.1) is 5.02 Å². The number of halogens is 1. The molecule has 1 aliphatic heterocycles. The average molecular weight is 363 g/mol. The Balaban J connectivity index is 1.83. The Hall–Kier alpha value is -2.01. The Morgan fingerprint density at radius 1 is 1.36 bits per heavy atom. The van der Waals surface area contributed by atoms with Crippen molar-refractivity contribution in [2.45, 2.75) is 33.6 Å². The molecule has 1 atom stereocenters. The molecule has 1 aromatic carbocycles. The van der Waals surface area contributed by atoms with Crippen LogP contribution < -0.4 is 5.32 Å². The standard InChI is InChI=1S/C19H23ClN2O3/c1-11-7-15-12(2)17(25-18(15)16(20)8-11)19(24)22-6-4-5-14(10-22)9-21-13(3)23/h7-8,14H,4-6,9-10H2,1-3H3,(H,21,23)/t14-/m1/s1. The molecule has 3 rings (SSSR count). The van der Waals surface area contributed by atoms with Gasteiger partial charge in [-0.15, -0.1) is 0 Å². The molecular formula is C19H23ClN2O3. The zero-order valence-corrected chi connectivity index (χ0v) is 15.6. The van der Waals surface area contributed by atoms with Gasteiger partial charge in [-0.05, 0) is 50.3 Å². The van der Waals surface area contributed by atoms with E-state index >= 15 is 0 Å².